The van der Waals surface area contributed by atoms with Crippen LogP contribution in [0.4, 0.5) is 0 Å². The molecule has 0 atom stereocenters. The molecule has 0 aliphatic rings. The van der Waals surface area contributed by atoms with Crippen molar-refractivity contribution in [2.24, 2.45) is 0 Å². The molecular weight excluding hydrogens is 256 g/mol. The Morgan fingerprint density at radius 3 is 2.59 bits per heavy atom. The summed E-state index contributed by atoms with van der Waals surface area (Å²) in [7, 11) is -2.97. The molecule has 0 spiro atoms. The summed E-state index contributed by atoms with van der Waals surface area (Å²) in [6.45, 7) is 1.97. The zero-order valence-electron chi connectivity index (χ0n) is 10.2. The highest BCUT2D eigenvalue weighted by Gasteiger charge is 2.11. The Hall–Kier alpha value is -0.540. The second-order valence-corrected chi connectivity index (χ2v) is 6.89. The Bertz CT molecular complexity index is 440. The Balaban J connectivity index is 2.49. The van der Waals surface area contributed by atoms with E-state index in [-0.39, 0.29) is 11.5 Å². The van der Waals surface area contributed by atoms with Gasteiger partial charge in [-0.2, -0.15) is 0 Å². The number of hydrogen-bond acceptors (Lipinski definition) is 2. The van der Waals surface area contributed by atoms with Gasteiger partial charge in [0.1, 0.15) is 0 Å². The molecule has 0 aliphatic heterocycles. The van der Waals surface area contributed by atoms with Gasteiger partial charge in [-0.15, -0.1) is 11.6 Å². The van der Waals surface area contributed by atoms with Gasteiger partial charge in [-0.3, -0.25) is 0 Å². The van der Waals surface area contributed by atoms with E-state index >= 15 is 0 Å². The molecule has 0 radical (unpaired) electrons. The quantitative estimate of drug-likeness (QED) is 0.565. The van der Waals surface area contributed by atoms with Crippen molar-refractivity contribution in [3.8, 4) is 0 Å². The molecule has 0 saturated heterocycles. The van der Waals surface area contributed by atoms with Crippen molar-refractivity contribution in [3.63, 3.8) is 0 Å². The van der Waals surface area contributed by atoms with E-state index in [1.54, 1.807) is 0 Å². The van der Waals surface area contributed by atoms with Gasteiger partial charge in [0.15, 0.2) is 9.84 Å². The van der Waals surface area contributed by atoms with E-state index < -0.39 is 9.84 Å². The van der Waals surface area contributed by atoms with Crippen molar-refractivity contribution in [1.82, 2.24) is 0 Å². The zero-order valence-corrected chi connectivity index (χ0v) is 11.7. The van der Waals surface area contributed by atoms with Crippen LogP contribution in [0.2, 0.25) is 0 Å². The standard InChI is InChI=1S/C13H19ClO2S/c1-12-6-5-7-13(10-12)11-17(15,16)9-4-2-3-8-14/h5-7,10H,2-4,8-9,11H2,1H3. The van der Waals surface area contributed by atoms with Crippen molar-refractivity contribution in [2.75, 3.05) is 11.6 Å². The molecule has 0 heterocycles. The minimum Gasteiger partial charge on any atom is -0.228 e. The van der Waals surface area contributed by atoms with Gasteiger partial charge in [0, 0.05) is 5.88 Å². The lowest BCUT2D eigenvalue weighted by atomic mass is 10.2. The van der Waals surface area contributed by atoms with E-state index in [2.05, 4.69) is 0 Å². The summed E-state index contributed by atoms with van der Waals surface area (Å²) in [5, 5.41) is 0. The van der Waals surface area contributed by atoms with Crippen molar-refractivity contribution in [1.29, 1.82) is 0 Å². The van der Waals surface area contributed by atoms with Crippen molar-refractivity contribution in [2.45, 2.75) is 31.9 Å². The predicted molar refractivity (Wildman–Crippen MR) is 73.2 cm³/mol. The van der Waals surface area contributed by atoms with Crippen LogP contribution in [0.1, 0.15) is 30.4 Å². The van der Waals surface area contributed by atoms with E-state index in [1.807, 2.05) is 31.2 Å². The van der Waals surface area contributed by atoms with Gasteiger partial charge in [-0.05, 0) is 25.3 Å². The van der Waals surface area contributed by atoms with E-state index in [4.69, 9.17) is 11.6 Å². The fourth-order valence-electron chi connectivity index (χ4n) is 1.72. The lowest BCUT2D eigenvalue weighted by Crippen LogP contribution is -2.09. The molecule has 2 nitrogen and oxygen atoms in total. The summed E-state index contributed by atoms with van der Waals surface area (Å²) in [6.07, 6.45) is 2.49. The van der Waals surface area contributed by atoms with Crippen LogP contribution in [0.3, 0.4) is 0 Å². The number of alkyl halides is 1. The summed E-state index contributed by atoms with van der Waals surface area (Å²) in [5.74, 6) is 1.02. The van der Waals surface area contributed by atoms with Crippen molar-refractivity contribution in [3.05, 3.63) is 35.4 Å². The normalized spacial score (nSPS) is 11.6. The third-order valence-corrected chi connectivity index (χ3v) is 4.51. The lowest BCUT2D eigenvalue weighted by Gasteiger charge is -2.05. The van der Waals surface area contributed by atoms with Crippen LogP contribution < -0.4 is 0 Å². The molecule has 4 heteroatoms. The van der Waals surface area contributed by atoms with Crippen LogP contribution in [0.5, 0.6) is 0 Å². The van der Waals surface area contributed by atoms with Gasteiger partial charge in [-0.1, -0.05) is 36.2 Å². The molecule has 0 aliphatic carbocycles. The van der Waals surface area contributed by atoms with E-state index in [0.717, 1.165) is 24.0 Å². The average molecular weight is 275 g/mol. The molecule has 0 bridgehead atoms. The molecule has 0 N–H and O–H groups in total. The second-order valence-electron chi connectivity index (χ2n) is 4.33. The van der Waals surface area contributed by atoms with Crippen molar-refractivity contribution < 1.29 is 8.42 Å². The number of hydrogen-bond donors (Lipinski definition) is 0. The van der Waals surface area contributed by atoms with Crippen LogP contribution in [0.15, 0.2) is 24.3 Å². The number of rotatable bonds is 7. The number of halogens is 1. The molecular formula is C13H19ClO2S. The summed E-state index contributed by atoms with van der Waals surface area (Å²) in [6, 6.07) is 7.66. The highest BCUT2D eigenvalue weighted by Crippen LogP contribution is 2.11. The van der Waals surface area contributed by atoms with Gasteiger partial charge < -0.3 is 0 Å². The van der Waals surface area contributed by atoms with E-state index in [0.29, 0.717) is 12.3 Å². The third kappa shape index (κ3) is 6.08. The first kappa shape index (κ1) is 14.5. The van der Waals surface area contributed by atoms with Crippen molar-refractivity contribution >= 4 is 21.4 Å². The number of aryl methyl sites for hydroxylation is 1. The molecule has 17 heavy (non-hydrogen) atoms. The molecule has 96 valence electrons. The minimum absolute atomic E-state index is 0.148. The average Bonchev–Trinajstić information content (AvgIpc) is 2.24. The number of sulfone groups is 1. The van der Waals surface area contributed by atoms with Crippen LogP contribution in [-0.4, -0.2) is 20.1 Å². The minimum atomic E-state index is -2.97. The number of unbranched alkanes of at least 4 members (excludes halogenated alkanes) is 2. The molecule has 0 saturated carbocycles. The van der Waals surface area contributed by atoms with Crippen LogP contribution in [0.25, 0.3) is 0 Å². The molecule has 0 fully saturated rings. The van der Waals surface area contributed by atoms with Gasteiger partial charge >= 0.3 is 0 Å². The fraction of sp³-hybridized carbons (Fsp3) is 0.538. The van der Waals surface area contributed by atoms with Crippen LogP contribution >= 0.6 is 11.6 Å². The smallest absolute Gasteiger partial charge is 0.154 e. The first-order chi connectivity index (χ1) is 8.03. The summed E-state index contributed by atoms with van der Waals surface area (Å²) in [4.78, 5) is 0. The van der Waals surface area contributed by atoms with E-state index in [9.17, 15) is 8.42 Å². The third-order valence-electron chi connectivity index (χ3n) is 2.56. The molecule has 1 rings (SSSR count). The van der Waals surface area contributed by atoms with Gasteiger partial charge in [-0.25, -0.2) is 8.42 Å². The molecule has 0 aromatic heterocycles. The molecule has 0 amide bonds. The summed E-state index contributed by atoms with van der Waals surface area (Å²) < 4.78 is 23.7. The highest BCUT2D eigenvalue weighted by molar-refractivity contribution is 7.90. The lowest BCUT2D eigenvalue weighted by molar-refractivity contribution is 0.590. The monoisotopic (exact) mass is 274 g/mol. The maximum atomic E-state index is 11.8. The maximum absolute atomic E-state index is 11.8. The zero-order chi connectivity index (χ0) is 12.7. The fourth-order valence-corrected chi connectivity index (χ4v) is 3.39. The topological polar surface area (TPSA) is 34.1 Å². The van der Waals surface area contributed by atoms with Crippen LogP contribution in [-0.2, 0) is 15.6 Å². The summed E-state index contributed by atoms with van der Waals surface area (Å²) >= 11 is 5.55. The highest BCUT2D eigenvalue weighted by atomic mass is 35.5. The van der Waals surface area contributed by atoms with Crippen LogP contribution in [0, 0.1) is 6.92 Å². The maximum Gasteiger partial charge on any atom is 0.154 e. The van der Waals surface area contributed by atoms with Gasteiger partial charge in [0.2, 0.25) is 0 Å². The Labute approximate surface area is 109 Å². The van der Waals surface area contributed by atoms with Gasteiger partial charge in [0.25, 0.3) is 0 Å². The first-order valence-corrected chi connectivity index (χ1v) is 8.21. The molecule has 1 aromatic rings. The Morgan fingerprint density at radius 2 is 1.94 bits per heavy atom. The predicted octanol–water partition coefficient (Wildman–Crippen LogP) is 3.32. The Kier molecular flexibility index (Phi) is 6.00. The number of benzene rings is 1. The van der Waals surface area contributed by atoms with Gasteiger partial charge in [0.05, 0.1) is 11.5 Å². The molecule has 1 aromatic carbocycles. The van der Waals surface area contributed by atoms with E-state index in [1.165, 1.54) is 0 Å². The summed E-state index contributed by atoms with van der Waals surface area (Å²) in [5.41, 5.74) is 1.97. The second kappa shape index (κ2) is 7.02. The largest absolute Gasteiger partial charge is 0.228 e. The SMILES string of the molecule is Cc1cccc(CS(=O)(=O)CCCCCCl)c1. The first-order valence-electron chi connectivity index (χ1n) is 5.85. The Morgan fingerprint density at radius 1 is 1.18 bits per heavy atom. The molecule has 0 unspecified atom stereocenters.